The van der Waals surface area contributed by atoms with Crippen LogP contribution in [0.1, 0.15) is 11.3 Å². The number of amides is 2. The molecule has 0 aromatic carbocycles. The molecule has 9 nitrogen and oxygen atoms in total. The van der Waals surface area contributed by atoms with Crippen molar-refractivity contribution in [1.82, 2.24) is 14.7 Å². The van der Waals surface area contributed by atoms with Gasteiger partial charge in [-0.2, -0.15) is 4.98 Å². The number of ether oxygens (including phenoxy) is 2. The highest BCUT2D eigenvalue weighted by molar-refractivity contribution is 7.92. The monoisotopic (exact) mass is 372 g/mol. The zero-order valence-electron chi connectivity index (χ0n) is 13.2. The van der Waals surface area contributed by atoms with Gasteiger partial charge < -0.3 is 9.47 Å². The van der Waals surface area contributed by atoms with Crippen LogP contribution in [0.3, 0.4) is 0 Å². The van der Waals surface area contributed by atoms with Crippen LogP contribution in [-0.4, -0.2) is 38.6 Å². The maximum absolute atomic E-state index is 12.3. The van der Waals surface area contributed by atoms with Gasteiger partial charge >= 0.3 is 6.03 Å². The summed E-state index contributed by atoms with van der Waals surface area (Å²) in [6.45, 7) is 1.81. The van der Waals surface area contributed by atoms with Crippen LogP contribution in [0.25, 0.3) is 0 Å². The zero-order valence-corrected chi connectivity index (χ0v) is 14.8. The van der Waals surface area contributed by atoms with Crippen molar-refractivity contribution in [3.05, 3.63) is 28.8 Å². The molecule has 0 aliphatic rings. The lowest BCUT2D eigenvalue weighted by Gasteiger charge is -2.09. The fourth-order valence-corrected chi connectivity index (χ4v) is 4.11. The number of thiophene rings is 1. The number of aryl methyl sites for hydroxylation is 1. The van der Waals surface area contributed by atoms with Gasteiger partial charge in [0.1, 0.15) is 4.21 Å². The number of anilines is 1. The van der Waals surface area contributed by atoms with E-state index in [0.29, 0.717) is 11.3 Å². The van der Waals surface area contributed by atoms with Gasteiger partial charge in [-0.1, -0.05) is 0 Å². The molecule has 2 rings (SSSR count). The lowest BCUT2D eigenvalue weighted by molar-refractivity contribution is 0.183. The highest BCUT2D eigenvalue weighted by Crippen LogP contribution is 2.23. The number of carbonyl (C=O) groups is 1. The Labute approximate surface area is 143 Å². The van der Waals surface area contributed by atoms with Crippen molar-refractivity contribution in [2.75, 3.05) is 19.5 Å². The second-order valence-electron chi connectivity index (χ2n) is 4.60. The topological polar surface area (TPSA) is 120 Å². The number of hydrogen-bond donors (Lipinski definition) is 2. The van der Waals surface area contributed by atoms with Crippen molar-refractivity contribution in [2.24, 2.45) is 0 Å². The van der Waals surface area contributed by atoms with Gasteiger partial charge in [0.25, 0.3) is 10.0 Å². The highest BCUT2D eigenvalue weighted by Gasteiger charge is 2.23. The average Bonchev–Trinajstić information content (AvgIpc) is 2.95. The third-order valence-corrected chi connectivity index (χ3v) is 5.64. The normalized spacial score (nSPS) is 11.1. The van der Waals surface area contributed by atoms with Crippen LogP contribution in [0.4, 0.5) is 10.7 Å². The van der Waals surface area contributed by atoms with E-state index in [4.69, 9.17) is 9.47 Å². The standard InChI is InChI=1S/C13H16N4O5S2/c1-8-6-10(22-3)15-12(14-8)16-13(18)17-24(19,20)11-9(7-21-2)4-5-23-11/h4-6H,7H2,1-3H3,(H2,14,15,16,17,18). The molecular weight excluding hydrogens is 356 g/mol. The Kier molecular flexibility index (Phi) is 5.70. The lowest BCUT2D eigenvalue weighted by Crippen LogP contribution is -2.35. The minimum atomic E-state index is -4.03. The van der Waals surface area contributed by atoms with E-state index in [0.717, 1.165) is 11.3 Å². The van der Waals surface area contributed by atoms with Gasteiger partial charge in [0.2, 0.25) is 11.8 Å². The summed E-state index contributed by atoms with van der Waals surface area (Å²) in [7, 11) is -1.15. The lowest BCUT2D eigenvalue weighted by atomic mass is 10.4. The number of nitrogens with zero attached hydrogens (tertiary/aromatic N) is 2. The van der Waals surface area contributed by atoms with E-state index in [2.05, 4.69) is 15.3 Å². The quantitative estimate of drug-likeness (QED) is 0.788. The van der Waals surface area contributed by atoms with Gasteiger partial charge in [-0.05, 0) is 18.4 Å². The van der Waals surface area contributed by atoms with E-state index in [9.17, 15) is 13.2 Å². The Morgan fingerprint density at radius 3 is 2.75 bits per heavy atom. The van der Waals surface area contributed by atoms with Crippen molar-refractivity contribution >= 4 is 33.3 Å². The number of urea groups is 1. The Bertz CT molecular complexity index is 835. The molecule has 0 radical (unpaired) electrons. The second-order valence-corrected chi connectivity index (χ2v) is 7.40. The molecule has 130 valence electrons. The molecule has 0 unspecified atom stereocenters. The third-order valence-electron chi connectivity index (χ3n) is 2.74. The van der Waals surface area contributed by atoms with Crippen LogP contribution < -0.4 is 14.8 Å². The molecule has 0 aliphatic carbocycles. The van der Waals surface area contributed by atoms with Crippen LogP contribution in [0.5, 0.6) is 5.88 Å². The van der Waals surface area contributed by atoms with Gasteiger partial charge in [-0.15, -0.1) is 11.3 Å². The zero-order chi connectivity index (χ0) is 17.7. The molecule has 24 heavy (non-hydrogen) atoms. The molecule has 0 atom stereocenters. The summed E-state index contributed by atoms with van der Waals surface area (Å²) >= 11 is 0.992. The van der Waals surface area contributed by atoms with E-state index >= 15 is 0 Å². The van der Waals surface area contributed by atoms with E-state index in [1.807, 2.05) is 4.72 Å². The Morgan fingerprint density at radius 2 is 2.08 bits per heavy atom. The molecular formula is C13H16N4O5S2. The predicted molar refractivity (Wildman–Crippen MR) is 87.7 cm³/mol. The summed E-state index contributed by atoms with van der Waals surface area (Å²) in [5.41, 5.74) is 1.02. The van der Waals surface area contributed by atoms with Gasteiger partial charge in [0.05, 0.1) is 13.7 Å². The molecule has 0 saturated carbocycles. The molecule has 2 N–H and O–H groups in total. The first-order valence-corrected chi connectivity index (χ1v) is 9.00. The highest BCUT2D eigenvalue weighted by atomic mass is 32.2. The van der Waals surface area contributed by atoms with Gasteiger partial charge in [-0.25, -0.2) is 22.9 Å². The first kappa shape index (κ1) is 18.1. The van der Waals surface area contributed by atoms with Gasteiger partial charge in [0.15, 0.2) is 0 Å². The summed E-state index contributed by atoms with van der Waals surface area (Å²) < 4.78 is 36.4. The molecule has 2 aromatic rings. The molecule has 0 spiro atoms. The van der Waals surface area contributed by atoms with Crippen LogP contribution in [0.2, 0.25) is 0 Å². The van der Waals surface area contributed by atoms with E-state index in [1.165, 1.54) is 14.2 Å². The van der Waals surface area contributed by atoms with Crippen molar-refractivity contribution in [3.63, 3.8) is 0 Å². The number of sulfonamides is 1. The molecule has 2 amide bonds. The summed E-state index contributed by atoms with van der Waals surface area (Å²) in [6.07, 6.45) is 0. The molecule has 2 heterocycles. The number of rotatable bonds is 6. The maximum Gasteiger partial charge on any atom is 0.335 e. The molecule has 0 aliphatic heterocycles. The Morgan fingerprint density at radius 1 is 1.33 bits per heavy atom. The van der Waals surface area contributed by atoms with Gasteiger partial charge in [0, 0.05) is 24.4 Å². The summed E-state index contributed by atoms with van der Waals surface area (Å²) in [4.78, 5) is 19.9. The van der Waals surface area contributed by atoms with E-state index in [1.54, 1.807) is 24.4 Å². The number of aromatic nitrogens is 2. The Hall–Kier alpha value is -2.24. The molecule has 2 aromatic heterocycles. The second kappa shape index (κ2) is 7.55. The third kappa shape index (κ3) is 4.40. The van der Waals surface area contributed by atoms with Crippen LogP contribution in [0, 0.1) is 6.92 Å². The summed E-state index contributed by atoms with van der Waals surface area (Å²) in [5, 5.41) is 3.88. The summed E-state index contributed by atoms with van der Waals surface area (Å²) in [6, 6.07) is 2.22. The minimum absolute atomic E-state index is 0.0160. The molecule has 0 saturated heterocycles. The van der Waals surface area contributed by atoms with E-state index in [-0.39, 0.29) is 22.6 Å². The number of carbonyl (C=O) groups excluding carboxylic acids is 1. The van der Waals surface area contributed by atoms with Crippen molar-refractivity contribution < 1.29 is 22.7 Å². The number of hydrogen-bond acceptors (Lipinski definition) is 8. The number of nitrogens with one attached hydrogen (secondary N) is 2. The maximum atomic E-state index is 12.3. The van der Waals surface area contributed by atoms with Crippen molar-refractivity contribution in [1.29, 1.82) is 0 Å². The molecule has 0 fully saturated rings. The predicted octanol–water partition coefficient (Wildman–Crippen LogP) is 1.51. The van der Waals surface area contributed by atoms with Crippen LogP contribution in [0.15, 0.2) is 21.7 Å². The average molecular weight is 372 g/mol. The fourth-order valence-electron chi connectivity index (χ4n) is 1.82. The first-order chi connectivity index (χ1) is 11.4. The number of methoxy groups -OCH3 is 2. The van der Waals surface area contributed by atoms with Crippen molar-refractivity contribution in [2.45, 2.75) is 17.7 Å². The smallest absolute Gasteiger partial charge is 0.335 e. The summed E-state index contributed by atoms with van der Waals surface area (Å²) in [5.74, 6) is 0.184. The van der Waals surface area contributed by atoms with Crippen molar-refractivity contribution in [3.8, 4) is 5.88 Å². The largest absolute Gasteiger partial charge is 0.481 e. The fraction of sp³-hybridized carbons (Fsp3) is 0.308. The van der Waals surface area contributed by atoms with Crippen LogP contribution in [-0.2, 0) is 21.4 Å². The molecule has 0 bridgehead atoms. The van der Waals surface area contributed by atoms with E-state index < -0.39 is 16.1 Å². The SMILES string of the molecule is COCc1ccsc1S(=O)(=O)NC(=O)Nc1nc(C)cc(OC)n1. The molecule has 11 heteroatoms. The minimum Gasteiger partial charge on any atom is -0.481 e. The van der Waals surface area contributed by atoms with Crippen LogP contribution >= 0.6 is 11.3 Å². The Balaban J connectivity index is 2.14. The first-order valence-electron chi connectivity index (χ1n) is 6.64. The van der Waals surface area contributed by atoms with Gasteiger partial charge in [-0.3, -0.25) is 5.32 Å².